The summed E-state index contributed by atoms with van der Waals surface area (Å²) in [4.78, 5) is 14.5. The Labute approximate surface area is 160 Å². The second-order valence-electron chi connectivity index (χ2n) is 6.39. The number of amides is 2. The standard InChI is InChI=1S/C21H27ClN2O2/c1-3-17-5-9-19(10-6-17)16(2)23-21(26)24(13-4-14-25)15-18-7-11-20(22)12-8-18/h5-12,16,25H,3-4,13-15H2,1-2H3,(H,23,26)/t16-/m1/s1. The zero-order valence-corrected chi connectivity index (χ0v) is 16.2. The number of rotatable bonds is 8. The van der Waals surface area contributed by atoms with Gasteiger partial charge < -0.3 is 15.3 Å². The Morgan fingerprint density at radius 2 is 1.73 bits per heavy atom. The predicted molar refractivity (Wildman–Crippen MR) is 106 cm³/mol. The lowest BCUT2D eigenvalue weighted by Gasteiger charge is -2.25. The fourth-order valence-corrected chi connectivity index (χ4v) is 2.85. The number of carbonyl (C=O) groups excluding carboxylic acids is 1. The Bertz CT molecular complexity index is 686. The van der Waals surface area contributed by atoms with Gasteiger partial charge in [-0.2, -0.15) is 0 Å². The average molecular weight is 375 g/mol. The molecule has 26 heavy (non-hydrogen) atoms. The van der Waals surface area contributed by atoms with Gasteiger partial charge in [-0.3, -0.25) is 0 Å². The third-order valence-electron chi connectivity index (χ3n) is 4.39. The van der Waals surface area contributed by atoms with Crippen molar-refractivity contribution in [3.05, 3.63) is 70.2 Å². The molecule has 0 saturated heterocycles. The maximum absolute atomic E-state index is 12.7. The highest BCUT2D eigenvalue weighted by molar-refractivity contribution is 6.30. The van der Waals surface area contributed by atoms with Gasteiger partial charge in [0.25, 0.3) is 0 Å². The molecule has 0 unspecified atom stereocenters. The maximum atomic E-state index is 12.7. The van der Waals surface area contributed by atoms with E-state index in [9.17, 15) is 4.79 Å². The fraction of sp³-hybridized carbons (Fsp3) is 0.381. The van der Waals surface area contributed by atoms with Crippen molar-refractivity contribution in [1.82, 2.24) is 10.2 Å². The van der Waals surface area contributed by atoms with Crippen molar-refractivity contribution in [3.63, 3.8) is 0 Å². The van der Waals surface area contributed by atoms with Gasteiger partial charge in [-0.1, -0.05) is 54.9 Å². The monoisotopic (exact) mass is 374 g/mol. The summed E-state index contributed by atoms with van der Waals surface area (Å²) >= 11 is 5.93. The number of carbonyl (C=O) groups is 1. The van der Waals surface area contributed by atoms with Crippen LogP contribution < -0.4 is 5.32 Å². The van der Waals surface area contributed by atoms with Crippen molar-refractivity contribution in [2.45, 2.75) is 39.3 Å². The zero-order chi connectivity index (χ0) is 18.9. The van der Waals surface area contributed by atoms with Crippen LogP contribution in [0.15, 0.2) is 48.5 Å². The molecule has 0 bridgehead atoms. The zero-order valence-electron chi connectivity index (χ0n) is 15.4. The number of hydrogen-bond donors (Lipinski definition) is 2. The van der Waals surface area contributed by atoms with E-state index in [1.54, 1.807) is 4.90 Å². The lowest BCUT2D eigenvalue weighted by Crippen LogP contribution is -2.41. The van der Waals surface area contributed by atoms with Crippen molar-refractivity contribution in [2.75, 3.05) is 13.2 Å². The quantitative estimate of drug-likeness (QED) is 0.711. The Balaban J connectivity index is 2.03. The van der Waals surface area contributed by atoms with Crippen molar-refractivity contribution >= 4 is 17.6 Å². The SMILES string of the molecule is CCc1ccc([C@@H](C)NC(=O)N(CCCO)Cc2ccc(Cl)cc2)cc1. The summed E-state index contributed by atoms with van der Waals surface area (Å²) in [6, 6.07) is 15.5. The molecule has 2 amide bonds. The highest BCUT2D eigenvalue weighted by Crippen LogP contribution is 2.16. The van der Waals surface area contributed by atoms with Crippen LogP contribution in [0.3, 0.4) is 0 Å². The Hall–Kier alpha value is -2.04. The van der Waals surface area contributed by atoms with Crippen LogP contribution in [0, 0.1) is 0 Å². The van der Waals surface area contributed by atoms with Crippen LogP contribution in [-0.4, -0.2) is 29.2 Å². The van der Waals surface area contributed by atoms with Crippen LogP contribution in [0.1, 0.15) is 43.0 Å². The van der Waals surface area contributed by atoms with Gasteiger partial charge >= 0.3 is 6.03 Å². The van der Waals surface area contributed by atoms with E-state index in [-0.39, 0.29) is 18.7 Å². The van der Waals surface area contributed by atoms with Crippen LogP contribution in [0.5, 0.6) is 0 Å². The largest absolute Gasteiger partial charge is 0.396 e. The molecular weight excluding hydrogens is 348 g/mol. The summed E-state index contributed by atoms with van der Waals surface area (Å²) < 4.78 is 0. The number of urea groups is 1. The van der Waals surface area contributed by atoms with Gasteiger partial charge in [0.2, 0.25) is 0 Å². The van der Waals surface area contributed by atoms with Crippen LogP contribution in [0.2, 0.25) is 5.02 Å². The van der Waals surface area contributed by atoms with Crippen molar-refractivity contribution in [2.24, 2.45) is 0 Å². The highest BCUT2D eigenvalue weighted by Gasteiger charge is 2.17. The first-order valence-electron chi connectivity index (χ1n) is 9.03. The Kier molecular flexibility index (Phi) is 7.95. The summed E-state index contributed by atoms with van der Waals surface area (Å²) in [7, 11) is 0. The van der Waals surface area contributed by atoms with Crippen LogP contribution in [0.25, 0.3) is 0 Å². The minimum atomic E-state index is -0.138. The van der Waals surface area contributed by atoms with Gasteiger partial charge in [0.05, 0.1) is 6.04 Å². The molecule has 2 N–H and O–H groups in total. The predicted octanol–water partition coefficient (Wildman–Crippen LogP) is 4.56. The minimum Gasteiger partial charge on any atom is -0.396 e. The number of halogens is 1. The third-order valence-corrected chi connectivity index (χ3v) is 4.64. The van der Waals surface area contributed by atoms with Crippen LogP contribution >= 0.6 is 11.6 Å². The molecule has 0 aliphatic heterocycles. The molecule has 0 aliphatic carbocycles. The summed E-state index contributed by atoms with van der Waals surface area (Å²) in [6.45, 7) is 5.12. The minimum absolute atomic E-state index is 0.0540. The molecule has 140 valence electrons. The first-order valence-corrected chi connectivity index (χ1v) is 9.41. The van der Waals surface area contributed by atoms with E-state index in [4.69, 9.17) is 16.7 Å². The number of nitrogens with one attached hydrogen (secondary N) is 1. The summed E-state index contributed by atoms with van der Waals surface area (Å²) in [6.07, 6.45) is 1.54. The van der Waals surface area contributed by atoms with E-state index in [0.717, 1.165) is 17.5 Å². The highest BCUT2D eigenvalue weighted by atomic mass is 35.5. The molecule has 2 aromatic carbocycles. The van der Waals surface area contributed by atoms with Gasteiger partial charge in [-0.05, 0) is 48.6 Å². The fourth-order valence-electron chi connectivity index (χ4n) is 2.73. The lowest BCUT2D eigenvalue weighted by molar-refractivity contribution is 0.183. The molecule has 2 aromatic rings. The van der Waals surface area contributed by atoms with Gasteiger partial charge in [-0.25, -0.2) is 4.79 Å². The second-order valence-corrected chi connectivity index (χ2v) is 6.83. The van der Waals surface area contributed by atoms with Gasteiger partial charge in [0.15, 0.2) is 0 Å². The summed E-state index contributed by atoms with van der Waals surface area (Å²) in [5.74, 6) is 0. The molecule has 1 atom stereocenters. The van der Waals surface area contributed by atoms with E-state index in [1.807, 2.05) is 31.2 Å². The lowest BCUT2D eigenvalue weighted by atomic mass is 10.1. The van der Waals surface area contributed by atoms with E-state index >= 15 is 0 Å². The molecular formula is C21H27ClN2O2. The first-order chi connectivity index (χ1) is 12.5. The summed E-state index contributed by atoms with van der Waals surface area (Å²) in [5.41, 5.74) is 3.35. The molecule has 4 nitrogen and oxygen atoms in total. The molecule has 0 radical (unpaired) electrons. The normalized spacial score (nSPS) is 11.8. The van der Waals surface area contributed by atoms with Gasteiger partial charge in [0.1, 0.15) is 0 Å². The molecule has 0 aliphatic rings. The maximum Gasteiger partial charge on any atom is 0.318 e. The number of nitrogens with zero attached hydrogens (tertiary/aromatic N) is 1. The number of hydrogen-bond acceptors (Lipinski definition) is 2. The van der Waals surface area contributed by atoms with E-state index in [1.165, 1.54) is 5.56 Å². The van der Waals surface area contributed by atoms with E-state index in [2.05, 4.69) is 36.5 Å². The topological polar surface area (TPSA) is 52.6 Å². The van der Waals surface area contributed by atoms with Crippen molar-refractivity contribution in [3.8, 4) is 0 Å². The number of aliphatic hydroxyl groups is 1. The summed E-state index contributed by atoms with van der Waals surface area (Å²) in [5, 5.41) is 12.9. The van der Waals surface area contributed by atoms with Gasteiger partial charge in [-0.15, -0.1) is 0 Å². The number of aryl methyl sites for hydroxylation is 1. The molecule has 0 fully saturated rings. The van der Waals surface area contributed by atoms with E-state index in [0.29, 0.717) is 24.5 Å². The Morgan fingerprint density at radius 1 is 1.12 bits per heavy atom. The molecule has 0 heterocycles. The van der Waals surface area contributed by atoms with Crippen LogP contribution in [0.4, 0.5) is 4.79 Å². The first kappa shape index (κ1) is 20.3. The molecule has 0 spiro atoms. The van der Waals surface area contributed by atoms with Crippen LogP contribution in [-0.2, 0) is 13.0 Å². The van der Waals surface area contributed by atoms with Crippen molar-refractivity contribution in [1.29, 1.82) is 0 Å². The van der Waals surface area contributed by atoms with Crippen molar-refractivity contribution < 1.29 is 9.90 Å². The van der Waals surface area contributed by atoms with Gasteiger partial charge in [0, 0.05) is 24.7 Å². The molecule has 5 heteroatoms. The molecule has 2 rings (SSSR count). The molecule has 0 aromatic heterocycles. The number of aliphatic hydroxyl groups excluding tert-OH is 1. The Morgan fingerprint density at radius 3 is 2.31 bits per heavy atom. The average Bonchev–Trinajstić information content (AvgIpc) is 2.66. The second kappa shape index (κ2) is 10.2. The molecule has 0 saturated carbocycles. The number of benzene rings is 2. The third kappa shape index (κ3) is 6.04. The van der Waals surface area contributed by atoms with E-state index < -0.39 is 0 Å². The smallest absolute Gasteiger partial charge is 0.318 e.